The lowest BCUT2D eigenvalue weighted by molar-refractivity contribution is -0.0985. The Balaban J connectivity index is 1.42. The number of aryl methyl sites for hydroxylation is 2. The molecule has 2 atom stereocenters. The Morgan fingerprint density at radius 2 is 1.93 bits per heavy atom. The maximum absolute atomic E-state index is 6.49. The summed E-state index contributed by atoms with van der Waals surface area (Å²) < 4.78 is 8.45. The molecule has 1 aliphatic carbocycles. The lowest BCUT2D eigenvalue weighted by Gasteiger charge is -2.38. The Morgan fingerprint density at radius 3 is 2.70 bits per heavy atom. The van der Waals surface area contributed by atoms with E-state index >= 15 is 0 Å². The van der Waals surface area contributed by atoms with Crippen LogP contribution in [-0.4, -0.2) is 38.7 Å². The number of fused-ring (bicyclic) bond motifs is 1. The van der Waals surface area contributed by atoms with Crippen molar-refractivity contribution in [1.29, 1.82) is 0 Å². The summed E-state index contributed by atoms with van der Waals surface area (Å²) in [5.74, 6) is 0.727. The monoisotopic (exact) mass is 362 g/mol. The highest BCUT2D eigenvalue weighted by molar-refractivity contribution is 5.47. The minimum absolute atomic E-state index is 0.142. The molecule has 0 amide bonds. The molecule has 1 saturated heterocycles. The predicted octanol–water partition coefficient (Wildman–Crippen LogP) is 3.70. The third-order valence-corrected chi connectivity index (χ3v) is 5.77. The molecule has 0 unspecified atom stereocenters. The molecule has 0 bridgehead atoms. The Hall–Kier alpha value is -2.24. The molecular formula is C22H26N4O. The topological polar surface area (TPSA) is 42.7 Å². The van der Waals surface area contributed by atoms with Crippen LogP contribution in [0.3, 0.4) is 0 Å². The molecule has 5 nitrogen and oxygen atoms in total. The van der Waals surface area contributed by atoms with Crippen LogP contribution in [0.4, 0.5) is 0 Å². The van der Waals surface area contributed by atoms with E-state index in [9.17, 15) is 0 Å². The summed E-state index contributed by atoms with van der Waals surface area (Å²) in [6.07, 6.45) is 5.06. The van der Waals surface area contributed by atoms with E-state index in [1.807, 2.05) is 17.6 Å². The van der Waals surface area contributed by atoms with E-state index in [0.29, 0.717) is 6.10 Å². The molecule has 1 aliphatic heterocycles. The molecule has 0 N–H and O–H groups in total. The number of benzene rings is 1. The van der Waals surface area contributed by atoms with Gasteiger partial charge in [-0.3, -0.25) is 4.90 Å². The van der Waals surface area contributed by atoms with E-state index < -0.39 is 0 Å². The van der Waals surface area contributed by atoms with Crippen LogP contribution in [-0.2, 0) is 11.3 Å². The molecule has 5 rings (SSSR count). The van der Waals surface area contributed by atoms with E-state index in [0.717, 1.165) is 42.6 Å². The lowest BCUT2D eigenvalue weighted by atomic mass is 10.0. The summed E-state index contributed by atoms with van der Waals surface area (Å²) in [5.41, 5.74) is 5.63. The van der Waals surface area contributed by atoms with E-state index in [1.54, 1.807) is 0 Å². The summed E-state index contributed by atoms with van der Waals surface area (Å²) in [5, 5.41) is 4.56. The first-order valence-electron chi connectivity index (χ1n) is 9.91. The zero-order chi connectivity index (χ0) is 18.4. The second kappa shape index (κ2) is 6.73. The molecule has 2 fully saturated rings. The van der Waals surface area contributed by atoms with Gasteiger partial charge in [0, 0.05) is 36.6 Å². The fraction of sp³-hybridized carbons (Fsp3) is 0.455. The number of morpholine rings is 1. The first kappa shape index (κ1) is 16.9. The highest BCUT2D eigenvalue weighted by Gasteiger charge is 2.38. The van der Waals surface area contributed by atoms with E-state index in [2.05, 4.69) is 53.3 Å². The van der Waals surface area contributed by atoms with Crippen LogP contribution >= 0.6 is 0 Å². The molecule has 3 heterocycles. The molecule has 2 aliphatic rings. The minimum atomic E-state index is 0.142. The molecule has 140 valence electrons. The Bertz CT molecular complexity index is 948. The van der Waals surface area contributed by atoms with Gasteiger partial charge in [0.15, 0.2) is 5.65 Å². The van der Waals surface area contributed by atoms with Gasteiger partial charge in [-0.05, 0) is 44.2 Å². The maximum atomic E-state index is 6.49. The standard InChI is InChI=1S/C22H26N4O/c1-15-10-16(2)26-22(24-15)19(11-23-26)12-25-13-20(17-6-4-3-5-7-17)27-21(14-25)18-8-9-18/h3-7,10-11,18,20-21H,8-9,12-14H2,1-2H3/t20-,21+/m0/s1. The van der Waals surface area contributed by atoms with Gasteiger partial charge in [0.1, 0.15) is 0 Å². The van der Waals surface area contributed by atoms with Crippen molar-refractivity contribution in [3.63, 3.8) is 0 Å². The molecule has 27 heavy (non-hydrogen) atoms. The van der Waals surface area contributed by atoms with Crippen molar-refractivity contribution in [3.8, 4) is 0 Å². The fourth-order valence-electron chi connectivity index (χ4n) is 4.24. The van der Waals surface area contributed by atoms with Crippen molar-refractivity contribution >= 4 is 5.65 Å². The lowest BCUT2D eigenvalue weighted by Crippen LogP contribution is -2.44. The van der Waals surface area contributed by atoms with Crippen molar-refractivity contribution in [2.24, 2.45) is 5.92 Å². The molecule has 2 aromatic heterocycles. The quantitative estimate of drug-likeness (QED) is 0.710. The minimum Gasteiger partial charge on any atom is -0.367 e. The van der Waals surface area contributed by atoms with Crippen LogP contribution < -0.4 is 0 Å². The van der Waals surface area contributed by atoms with Crippen molar-refractivity contribution in [1.82, 2.24) is 19.5 Å². The summed E-state index contributed by atoms with van der Waals surface area (Å²) in [7, 11) is 0. The first-order chi connectivity index (χ1) is 13.2. The van der Waals surface area contributed by atoms with Crippen molar-refractivity contribution in [2.75, 3.05) is 13.1 Å². The summed E-state index contributed by atoms with van der Waals surface area (Å²) in [6.45, 7) is 6.91. The number of rotatable bonds is 4. The van der Waals surface area contributed by atoms with Crippen LogP contribution in [0.1, 0.15) is 41.5 Å². The average molecular weight is 362 g/mol. The summed E-state index contributed by atoms with van der Waals surface area (Å²) in [4.78, 5) is 7.28. The predicted molar refractivity (Wildman–Crippen MR) is 105 cm³/mol. The van der Waals surface area contributed by atoms with Gasteiger partial charge in [-0.2, -0.15) is 5.10 Å². The second-order valence-corrected chi connectivity index (χ2v) is 8.05. The average Bonchev–Trinajstić information content (AvgIpc) is 3.45. The molecule has 1 aromatic carbocycles. The van der Waals surface area contributed by atoms with Crippen LogP contribution in [0, 0.1) is 19.8 Å². The van der Waals surface area contributed by atoms with Gasteiger partial charge in [-0.15, -0.1) is 0 Å². The molecule has 0 spiro atoms. The number of hydrogen-bond donors (Lipinski definition) is 0. The van der Waals surface area contributed by atoms with Crippen molar-refractivity contribution < 1.29 is 4.74 Å². The molecular weight excluding hydrogens is 336 g/mol. The molecule has 1 saturated carbocycles. The fourth-order valence-corrected chi connectivity index (χ4v) is 4.24. The van der Waals surface area contributed by atoms with Crippen molar-refractivity contribution in [3.05, 3.63) is 65.1 Å². The largest absolute Gasteiger partial charge is 0.367 e. The SMILES string of the molecule is Cc1cc(C)n2ncc(CN3C[C@@H](c4ccccc4)O[C@@H](C4CC4)C3)c2n1. The summed E-state index contributed by atoms with van der Waals surface area (Å²) >= 11 is 0. The number of ether oxygens (including phenoxy) is 1. The highest BCUT2D eigenvalue weighted by atomic mass is 16.5. The smallest absolute Gasteiger partial charge is 0.159 e. The van der Waals surface area contributed by atoms with Crippen LogP contribution in [0.25, 0.3) is 5.65 Å². The molecule has 0 radical (unpaired) electrons. The van der Waals surface area contributed by atoms with Crippen LogP contribution in [0.15, 0.2) is 42.6 Å². The third-order valence-electron chi connectivity index (χ3n) is 5.77. The second-order valence-electron chi connectivity index (χ2n) is 8.05. The van der Waals surface area contributed by atoms with Gasteiger partial charge >= 0.3 is 0 Å². The number of nitrogens with zero attached hydrogens (tertiary/aromatic N) is 4. The highest BCUT2D eigenvalue weighted by Crippen LogP contribution is 2.39. The van der Waals surface area contributed by atoms with Gasteiger partial charge in [0.05, 0.1) is 18.4 Å². The Labute approximate surface area is 160 Å². The Kier molecular flexibility index (Phi) is 4.21. The molecule has 3 aromatic rings. The van der Waals surface area contributed by atoms with Crippen LogP contribution in [0.5, 0.6) is 0 Å². The van der Waals surface area contributed by atoms with Gasteiger partial charge in [0.2, 0.25) is 0 Å². The zero-order valence-electron chi connectivity index (χ0n) is 16.0. The van der Waals surface area contributed by atoms with E-state index in [1.165, 1.54) is 24.0 Å². The van der Waals surface area contributed by atoms with Gasteiger partial charge in [-0.25, -0.2) is 9.50 Å². The summed E-state index contributed by atoms with van der Waals surface area (Å²) in [6, 6.07) is 12.7. The van der Waals surface area contributed by atoms with Gasteiger partial charge in [-0.1, -0.05) is 30.3 Å². The molecule has 5 heteroatoms. The maximum Gasteiger partial charge on any atom is 0.159 e. The van der Waals surface area contributed by atoms with Crippen molar-refractivity contribution in [2.45, 2.75) is 45.4 Å². The van der Waals surface area contributed by atoms with Gasteiger partial charge < -0.3 is 4.74 Å². The normalized spacial score (nSPS) is 23.8. The van der Waals surface area contributed by atoms with Crippen LogP contribution in [0.2, 0.25) is 0 Å². The van der Waals surface area contributed by atoms with E-state index in [-0.39, 0.29) is 6.10 Å². The van der Waals surface area contributed by atoms with E-state index in [4.69, 9.17) is 9.72 Å². The zero-order valence-corrected chi connectivity index (χ0v) is 16.0. The number of aromatic nitrogens is 3. The van der Waals surface area contributed by atoms with Gasteiger partial charge in [0.25, 0.3) is 0 Å². The third kappa shape index (κ3) is 3.37. The Morgan fingerprint density at radius 1 is 1.11 bits per heavy atom. The first-order valence-corrected chi connectivity index (χ1v) is 9.91. The number of hydrogen-bond acceptors (Lipinski definition) is 4.